The summed E-state index contributed by atoms with van der Waals surface area (Å²) >= 11 is 6.84. The van der Waals surface area contributed by atoms with Crippen molar-refractivity contribution >= 4 is 51.2 Å². The number of amides is 1. The summed E-state index contributed by atoms with van der Waals surface area (Å²) < 4.78 is 16.0. The number of aromatic nitrogens is 1. The van der Waals surface area contributed by atoms with Crippen LogP contribution in [-0.4, -0.2) is 19.7 Å². The Morgan fingerprint density at radius 3 is 2.34 bits per heavy atom. The van der Waals surface area contributed by atoms with Gasteiger partial charge in [0.15, 0.2) is 0 Å². The average Bonchev–Trinajstić information content (AvgIpc) is 3.28. The van der Waals surface area contributed by atoms with Gasteiger partial charge >= 0.3 is 0 Å². The first-order chi connectivity index (χ1) is 15.6. The highest BCUT2D eigenvalue weighted by atomic mass is 32.2. The van der Waals surface area contributed by atoms with Gasteiger partial charge in [-0.2, -0.15) is 0 Å². The molecule has 1 fully saturated rings. The lowest BCUT2D eigenvalue weighted by Crippen LogP contribution is -2.27. The minimum absolute atomic E-state index is 0.0702. The van der Waals surface area contributed by atoms with E-state index in [2.05, 4.69) is 10.6 Å². The third-order valence-electron chi connectivity index (χ3n) is 5.43. The standard InChI is InChI=1S/C26H19FN2OS2/c27-21-12-10-19(11-13-21)15-28-17-20(22-8-4-5-9-23(22)28)14-24-25(30)29(26(31)32-24)16-18-6-2-1-3-7-18/h1-14,17H,15-16H2/b24-14+. The van der Waals surface area contributed by atoms with E-state index >= 15 is 0 Å². The van der Waals surface area contributed by atoms with E-state index in [1.54, 1.807) is 17.0 Å². The Morgan fingerprint density at radius 1 is 0.875 bits per heavy atom. The van der Waals surface area contributed by atoms with Crippen molar-refractivity contribution in [3.8, 4) is 0 Å². The van der Waals surface area contributed by atoms with E-state index < -0.39 is 0 Å². The molecule has 0 saturated carbocycles. The molecule has 1 aliphatic rings. The second kappa shape index (κ2) is 8.73. The molecule has 1 aliphatic heterocycles. The molecule has 3 aromatic carbocycles. The van der Waals surface area contributed by atoms with Crippen LogP contribution in [0.3, 0.4) is 0 Å². The van der Waals surface area contributed by atoms with E-state index in [1.165, 1.54) is 23.9 Å². The van der Waals surface area contributed by atoms with Gasteiger partial charge in [-0.3, -0.25) is 9.69 Å². The number of nitrogens with zero attached hydrogens (tertiary/aromatic N) is 2. The zero-order valence-electron chi connectivity index (χ0n) is 17.1. The maximum atomic E-state index is 13.3. The lowest BCUT2D eigenvalue weighted by molar-refractivity contribution is -0.122. The van der Waals surface area contributed by atoms with E-state index in [-0.39, 0.29) is 11.7 Å². The molecule has 0 unspecified atom stereocenters. The molecule has 32 heavy (non-hydrogen) atoms. The molecule has 158 valence electrons. The van der Waals surface area contributed by atoms with Crippen molar-refractivity contribution in [2.75, 3.05) is 0 Å². The smallest absolute Gasteiger partial charge is 0.266 e. The fourth-order valence-electron chi connectivity index (χ4n) is 3.85. The summed E-state index contributed by atoms with van der Waals surface area (Å²) in [6.45, 7) is 1.08. The number of thioether (sulfide) groups is 1. The lowest BCUT2D eigenvalue weighted by Gasteiger charge is -2.14. The Morgan fingerprint density at radius 2 is 1.56 bits per heavy atom. The van der Waals surface area contributed by atoms with Crippen LogP contribution < -0.4 is 0 Å². The molecular weight excluding hydrogens is 439 g/mol. The summed E-state index contributed by atoms with van der Waals surface area (Å²) in [5.74, 6) is -0.316. The molecule has 5 rings (SSSR count). The molecule has 4 aromatic rings. The van der Waals surface area contributed by atoms with Gasteiger partial charge in [0.2, 0.25) is 0 Å². The van der Waals surface area contributed by atoms with Crippen LogP contribution in [0.4, 0.5) is 4.39 Å². The summed E-state index contributed by atoms with van der Waals surface area (Å²) in [5.41, 5.74) is 4.07. The third kappa shape index (κ3) is 4.11. The topological polar surface area (TPSA) is 25.2 Å². The number of carbonyl (C=O) groups is 1. The molecule has 3 nitrogen and oxygen atoms in total. The van der Waals surface area contributed by atoms with Gasteiger partial charge in [-0.15, -0.1) is 0 Å². The Bertz CT molecular complexity index is 1340. The van der Waals surface area contributed by atoms with Crippen LogP contribution in [0.15, 0.2) is 90.0 Å². The van der Waals surface area contributed by atoms with Gasteiger partial charge in [-0.1, -0.05) is 84.6 Å². The van der Waals surface area contributed by atoms with Gasteiger partial charge in [0, 0.05) is 29.2 Å². The second-order valence-electron chi connectivity index (χ2n) is 7.61. The van der Waals surface area contributed by atoms with Crippen molar-refractivity contribution < 1.29 is 9.18 Å². The van der Waals surface area contributed by atoms with Crippen LogP contribution in [0.5, 0.6) is 0 Å². The van der Waals surface area contributed by atoms with Gasteiger partial charge in [0.25, 0.3) is 5.91 Å². The molecular formula is C26H19FN2OS2. The number of hydrogen-bond acceptors (Lipinski definition) is 3. The maximum absolute atomic E-state index is 13.3. The summed E-state index contributed by atoms with van der Waals surface area (Å²) in [5, 5.41) is 1.06. The number of rotatable bonds is 5. The molecule has 1 aromatic heterocycles. The average molecular weight is 459 g/mol. The van der Waals surface area contributed by atoms with E-state index in [0.717, 1.165) is 27.6 Å². The highest BCUT2D eigenvalue weighted by molar-refractivity contribution is 8.26. The second-order valence-corrected chi connectivity index (χ2v) is 9.29. The van der Waals surface area contributed by atoms with Gasteiger partial charge < -0.3 is 4.57 Å². The van der Waals surface area contributed by atoms with Crippen LogP contribution in [0.1, 0.15) is 16.7 Å². The van der Waals surface area contributed by atoms with Gasteiger partial charge in [-0.05, 0) is 35.4 Å². The van der Waals surface area contributed by atoms with Crippen molar-refractivity contribution in [1.29, 1.82) is 0 Å². The van der Waals surface area contributed by atoms with Crippen LogP contribution >= 0.6 is 24.0 Å². The molecule has 0 bridgehead atoms. The first-order valence-electron chi connectivity index (χ1n) is 10.2. The number of para-hydroxylation sites is 1. The lowest BCUT2D eigenvalue weighted by atomic mass is 10.1. The first kappa shape index (κ1) is 20.7. The van der Waals surface area contributed by atoms with E-state index in [1.807, 2.05) is 60.8 Å². The molecule has 0 N–H and O–H groups in total. The summed E-state index contributed by atoms with van der Waals surface area (Å²) in [6.07, 6.45) is 3.96. The molecule has 0 aliphatic carbocycles. The summed E-state index contributed by atoms with van der Waals surface area (Å²) in [4.78, 5) is 15.4. The normalized spacial score (nSPS) is 15.3. The molecule has 6 heteroatoms. The summed E-state index contributed by atoms with van der Waals surface area (Å²) in [6, 6.07) is 24.5. The van der Waals surface area contributed by atoms with Crippen LogP contribution in [-0.2, 0) is 17.9 Å². The molecule has 0 radical (unpaired) electrons. The van der Waals surface area contributed by atoms with Crippen molar-refractivity contribution in [3.63, 3.8) is 0 Å². The van der Waals surface area contributed by atoms with Crippen LogP contribution in [0.2, 0.25) is 0 Å². The zero-order chi connectivity index (χ0) is 22.1. The number of thiocarbonyl (C=S) groups is 1. The first-order valence-corrected chi connectivity index (χ1v) is 11.4. The van der Waals surface area contributed by atoms with E-state index in [4.69, 9.17) is 12.2 Å². The Balaban J connectivity index is 1.46. The molecule has 2 heterocycles. The van der Waals surface area contributed by atoms with Crippen LogP contribution in [0.25, 0.3) is 17.0 Å². The number of halogens is 1. The fraction of sp³-hybridized carbons (Fsp3) is 0.0769. The molecule has 1 amide bonds. The number of benzene rings is 3. The van der Waals surface area contributed by atoms with Crippen LogP contribution in [0, 0.1) is 5.82 Å². The molecule has 0 spiro atoms. The Labute approximate surface area is 195 Å². The largest absolute Gasteiger partial charge is 0.342 e. The minimum atomic E-state index is -0.246. The predicted molar refractivity (Wildman–Crippen MR) is 133 cm³/mol. The van der Waals surface area contributed by atoms with Gasteiger partial charge in [0.1, 0.15) is 10.1 Å². The van der Waals surface area contributed by atoms with Crippen molar-refractivity contribution in [1.82, 2.24) is 9.47 Å². The number of fused-ring (bicyclic) bond motifs is 1. The van der Waals surface area contributed by atoms with Crippen molar-refractivity contribution in [2.24, 2.45) is 0 Å². The Kier molecular flexibility index (Phi) is 5.64. The fourth-order valence-corrected chi connectivity index (χ4v) is 5.10. The van der Waals surface area contributed by atoms with E-state index in [9.17, 15) is 9.18 Å². The highest BCUT2D eigenvalue weighted by Gasteiger charge is 2.32. The monoisotopic (exact) mass is 458 g/mol. The minimum Gasteiger partial charge on any atom is -0.342 e. The van der Waals surface area contributed by atoms with Crippen molar-refractivity contribution in [3.05, 3.63) is 112 Å². The van der Waals surface area contributed by atoms with Crippen molar-refractivity contribution in [2.45, 2.75) is 13.1 Å². The quantitative estimate of drug-likeness (QED) is 0.262. The van der Waals surface area contributed by atoms with Gasteiger partial charge in [-0.25, -0.2) is 4.39 Å². The van der Waals surface area contributed by atoms with Gasteiger partial charge in [0.05, 0.1) is 11.4 Å². The number of hydrogen-bond donors (Lipinski definition) is 0. The SMILES string of the molecule is O=C1/C(=C\c2cn(Cc3ccc(F)cc3)c3ccccc23)SC(=S)N1Cc1ccccc1. The predicted octanol–water partition coefficient (Wildman–Crippen LogP) is 6.23. The summed E-state index contributed by atoms with van der Waals surface area (Å²) in [7, 11) is 0. The zero-order valence-corrected chi connectivity index (χ0v) is 18.7. The molecule has 1 saturated heterocycles. The molecule has 0 atom stereocenters. The number of carbonyl (C=O) groups excluding carboxylic acids is 1. The highest BCUT2D eigenvalue weighted by Crippen LogP contribution is 2.35. The van der Waals surface area contributed by atoms with E-state index in [0.29, 0.717) is 22.3 Å². The Hall–Kier alpha value is -3.22. The third-order valence-corrected chi connectivity index (χ3v) is 6.81. The maximum Gasteiger partial charge on any atom is 0.266 e.